The van der Waals surface area contributed by atoms with E-state index < -0.39 is 0 Å². The largest absolute Gasteiger partial charge is 0.494 e. The molecular weight excluding hydrogens is 226 g/mol. The molecule has 1 fully saturated rings. The van der Waals surface area contributed by atoms with Crippen molar-refractivity contribution in [1.29, 1.82) is 0 Å². The Hall–Kier alpha value is -1.10. The van der Waals surface area contributed by atoms with Crippen LogP contribution in [0, 0.1) is 0 Å². The van der Waals surface area contributed by atoms with Gasteiger partial charge in [-0.3, -0.25) is 5.43 Å². The van der Waals surface area contributed by atoms with Crippen molar-refractivity contribution >= 4 is 0 Å². The zero-order chi connectivity index (χ0) is 12.6. The SMILES string of the molecule is CN1CCN(NCCCOc2ccccc2)CC1. The molecule has 0 radical (unpaired) electrons. The molecule has 4 nitrogen and oxygen atoms in total. The standard InChI is InChI=1S/C14H23N3O/c1-16-9-11-17(12-10-16)15-8-5-13-18-14-6-3-2-4-7-14/h2-4,6-7,15H,5,8-13H2,1H3. The molecule has 4 heteroatoms. The summed E-state index contributed by atoms with van der Waals surface area (Å²) in [6, 6.07) is 9.99. The van der Waals surface area contributed by atoms with Crippen molar-refractivity contribution in [1.82, 2.24) is 15.3 Å². The number of benzene rings is 1. The summed E-state index contributed by atoms with van der Waals surface area (Å²) in [6.45, 7) is 6.26. The van der Waals surface area contributed by atoms with Gasteiger partial charge in [0.15, 0.2) is 0 Å². The van der Waals surface area contributed by atoms with Gasteiger partial charge in [-0.2, -0.15) is 0 Å². The van der Waals surface area contributed by atoms with Crippen LogP contribution in [-0.2, 0) is 0 Å². The second-order valence-electron chi connectivity index (χ2n) is 4.71. The van der Waals surface area contributed by atoms with Gasteiger partial charge >= 0.3 is 0 Å². The summed E-state index contributed by atoms with van der Waals surface area (Å²) in [5.74, 6) is 0.956. The number of likely N-dealkylation sites (N-methyl/N-ethyl adjacent to an activating group) is 1. The minimum atomic E-state index is 0.769. The van der Waals surface area contributed by atoms with E-state index in [2.05, 4.69) is 22.4 Å². The highest BCUT2D eigenvalue weighted by Gasteiger charge is 2.12. The van der Waals surface area contributed by atoms with Crippen LogP contribution in [0.5, 0.6) is 5.75 Å². The Bertz CT molecular complexity index is 323. The summed E-state index contributed by atoms with van der Waals surface area (Å²) in [6.07, 6.45) is 1.03. The van der Waals surface area contributed by atoms with Crippen molar-refractivity contribution in [2.75, 3.05) is 46.4 Å². The van der Waals surface area contributed by atoms with Crippen LogP contribution in [0.15, 0.2) is 30.3 Å². The minimum Gasteiger partial charge on any atom is -0.494 e. The van der Waals surface area contributed by atoms with Gasteiger partial charge in [-0.05, 0) is 25.6 Å². The van der Waals surface area contributed by atoms with Crippen molar-refractivity contribution in [3.05, 3.63) is 30.3 Å². The molecule has 0 amide bonds. The number of para-hydroxylation sites is 1. The van der Waals surface area contributed by atoms with Gasteiger partial charge in [-0.15, -0.1) is 0 Å². The van der Waals surface area contributed by atoms with Gasteiger partial charge in [0.2, 0.25) is 0 Å². The molecule has 1 aliphatic rings. The van der Waals surface area contributed by atoms with E-state index in [9.17, 15) is 0 Å². The van der Waals surface area contributed by atoms with Gasteiger partial charge in [-0.25, -0.2) is 5.01 Å². The summed E-state index contributed by atoms with van der Waals surface area (Å²) in [7, 11) is 2.17. The van der Waals surface area contributed by atoms with Gasteiger partial charge < -0.3 is 9.64 Å². The Morgan fingerprint density at radius 3 is 2.56 bits per heavy atom. The monoisotopic (exact) mass is 249 g/mol. The van der Waals surface area contributed by atoms with Gasteiger partial charge in [0.05, 0.1) is 6.61 Å². The van der Waals surface area contributed by atoms with Crippen molar-refractivity contribution < 1.29 is 4.74 Å². The van der Waals surface area contributed by atoms with Gasteiger partial charge in [0.25, 0.3) is 0 Å². The molecule has 100 valence electrons. The molecule has 1 aromatic rings. The number of nitrogens with zero attached hydrogens (tertiary/aromatic N) is 2. The maximum atomic E-state index is 5.65. The quantitative estimate of drug-likeness (QED) is 0.767. The van der Waals surface area contributed by atoms with E-state index in [1.54, 1.807) is 0 Å². The van der Waals surface area contributed by atoms with Crippen molar-refractivity contribution in [3.8, 4) is 5.75 Å². The lowest BCUT2D eigenvalue weighted by Crippen LogP contribution is -2.51. The molecule has 1 aromatic carbocycles. The van der Waals surface area contributed by atoms with Gasteiger partial charge in [0, 0.05) is 32.7 Å². The summed E-state index contributed by atoms with van der Waals surface area (Å²) in [4.78, 5) is 2.36. The predicted molar refractivity (Wildman–Crippen MR) is 73.6 cm³/mol. The lowest BCUT2D eigenvalue weighted by atomic mass is 10.3. The van der Waals surface area contributed by atoms with Crippen molar-refractivity contribution in [3.63, 3.8) is 0 Å². The molecule has 0 bridgehead atoms. The third-order valence-corrected chi connectivity index (χ3v) is 3.17. The highest BCUT2D eigenvalue weighted by Crippen LogP contribution is 2.08. The number of hydrogen-bond acceptors (Lipinski definition) is 4. The third kappa shape index (κ3) is 4.64. The topological polar surface area (TPSA) is 27.7 Å². The normalized spacial score (nSPS) is 17.8. The smallest absolute Gasteiger partial charge is 0.119 e. The van der Waals surface area contributed by atoms with E-state index in [4.69, 9.17) is 4.74 Å². The fourth-order valence-electron chi connectivity index (χ4n) is 1.98. The Labute approximate surface area is 109 Å². The number of rotatable bonds is 6. The fourth-order valence-corrected chi connectivity index (χ4v) is 1.98. The molecule has 0 saturated carbocycles. The highest BCUT2D eigenvalue weighted by molar-refractivity contribution is 5.20. The minimum absolute atomic E-state index is 0.769. The maximum Gasteiger partial charge on any atom is 0.119 e. The van der Waals surface area contributed by atoms with Crippen molar-refractivity contribution in [2.24, 2.45) is 0 Å². The number of piperazine rings is 1. The maximum absolute atomic E-state index is 5.65. The van der Waals surface area contributed by atoms with Crippen LogP contribution in [0.3, 0.4) is 0 Å². The van der Waals surface area contributed by atoms with Gasteiger partial charge in [-0.1, -0.05) is 18.2 Å². The first-order chi connectivity index (χ1) is 8.84. The van der Waals surface area contributed by atoms with E-state index in [1.165, 1.54) is 0 Å². The van der Waals surface area contributed by atoms with Crippen LogP contribution in [0.1, 0.15) is 6.42 Å². The highest BCUT2D eigenvalue weighted by atomic mass is 16.5. The number of nitrogens with one attached hydrogen (secondary N) is 1. The molecule has 0 atom stereocenters. The predicted octanol–water partition coefficient (Wildman–Crippen LogP) is 1.21. The van der Waals surface area contributed by atoms with Crippen LogP contribution >= 0.6 is 0 Å². The second-order valence-corrected chi connectivity index (χ2v) is 4.71. The molecule has 1 N–H and O–H groups in total. The van der Waals surface area contributed by atoms with Crippen LogP contribution in [0.4, 0.5) is 0 Å². The molecule has 0 unspecified atom stereocenters. The zero-order valence-corrected chi connectivity index (χ0v) is 11.1. The Morgan fingerprint density at radius 2 is 1.83 bits per heavy atom. The number of hydrogen-bond donors (Lipinski definition) is 1. The van der Waals surface area contributed by atoms with Crippen LogP contribution in [0.25, 0.3) is 0 Å². The Kier molecular flexibility index (Phi) is 5.45. The van der Waals surface area contributed by atoms with E-state index >= 15 is 0 Å². The summed E-state index contributed by atoms with van der Waals surface area (Å²) < 4.78 is 5.65. The van der Waals surface area contributed by atoms with E-state index in [0.717, 1.165) is 51.5 Å². The zero-order valence-electron chi connectivity index (χ0n) is 11.1. The average Bonchev–Trinajstić information content (AvgIpc) is 2.42. The first-order valence-electron chi connectivity index (χ1n) is 6.69. The number of ether oxygens (including phenoxy) is 1. The first-order valence-corrected chi connectivity index (χ1v) is 6.69. The number of hydrazine groups is 1. The molecule has 0 spiro atoms. The molecule has 0 aromatic heterocycles. The lowest BCUT2D eigenvalue weighted by Gasteiger charge is -2.32. The molecule has 1 saturated heterocycles. The second kappa shape index (κ2) is 7.36. The van der Waals surface area contributed by atoms with Crippen LogP contribution in [-0.4, -0.2) is 56.3 Å². The molecular formula is C14H23N3O. The fraction of sp³-hybridized carbons (Fsp3) is 0.571. The van der Waals surface area contributed by atoms with Crippen LogP contribution in [0.2, 0.25) is 0 Å². The van der Waals surface area contributed by atoms with E-state index in [-0.39, 0.29) is 0 Å². The Balaban J connectivity index is 1.51. The molecule has 18 heavy (non-hydrogen) atoms. The van der Waals surface area contributed by atoms with E-state index in [0.29, 0.717) is 0 Å². The van der Waals surface area contributed by atoms with Crippen LogP contribution < -0.4 is 10.2 Å². The summed E-state index contributed by atoms with van der Waals surface area (Å²) in [5.41, 5.74) is 3.46. The van der Waals surface area contributed by atoms with Gasteiger partial charge in [0.1, 0.15) is 5.75 Å². The molecule has 1 aliphatic heterocycles. The lowest BCUT2D eigenvalue weighted by molar-refractivity contribution is 0.102. The summed E-state index contributed by atoms with van der Waals surface area (Å²) >= 11 is 0. The Morgan fingerprint density at radius 1 is 1.11 bits per heavy atom. The van der Waals surface area contributed by atoms with E-state index in [1.807, 2.05) is 30.3 Å². The third-order valence-electron chi connectivity index (χ3n) is 3.17. The molecule has 1 heterocycles. The summed E-state index contributed by atoms with van der Waals surface area (Å²) in [5, 5.41) is 2.31. The van der Waals surface area contributed by atoms with Crippen molar-refractivity contribution in [2.45, 2.75) is 6.42 Å². The molecule has 0 aliphatic carbocycles. The average molecular weight is 249 g/mol. The molecule has 2 rings (SSSR count). The first kappa shape index (κ1) is 13.3.